The van der Waals surface area contributed by atoms with Gasteiger partial charge in [-0.05, 0) is 36.1 Å². The molecule has 2 aromatic carbocycles. The number of fused-ring (bicyclic) bond motifs is 1. The van der Waals surface area contributed by atoms with Gasteiger partial charge in [-0.15, -0.1) is 0 Å². The largest absolute Gasteiger partial charge is 0.356 e. The molecule has 0 bridgehead atoms. The number of benzene rings is 2. The molecule has 3 rings (SSSR count). The van der Waals surface area contributed by atoms with Crippen molar-refractivity contribution in [3.8, 4) is 0 Å². The normalized spacial score (nSPS) is 10.7. The van der Waals surface area contributed by atoms with Gasteiger partial charge in [0.25, 0.3) is 0 Å². The van der Waals surface area contributed by atoms with E-state index in [-0.39, 0.29) is 5.91 Å². The molecule has 1 heterocycles. The summed E-state index contributed by atoms with van der Waals surface area (Å²) in [6, 6.07) is 16.2. The van der Waals surface area contributed by atoms with Crippen LogP contribution in [0.15, 0.2) is 54.9 Å². The topological polar surface area (TPSA) is 57.8 Å². The Morgan fingerprint density at radius 1 is 1.05 bits per heavy atom. The summed E-state index contributed by atoms with van der Waals surface area (Å²) in [6.45, 7) is 0.660. The Bertz CT molecular complexity index is 749. The summed E-state index contributed by atoms with van der Waals surface area (Å²) in [5.74, 6) is 0.103. The number of H-pyrrole nitrogens is 1. The van der Waals surface area contributed by atoms with Crippen molar-refractivity contribution in [3.63, 3.8) is 0 Å². The zero-order chi connectivity index (χ0) is 15.2. The van der Waals surface area contributed by atoms with Crippen LogP contribution in [-0.4, -0.2) is 22.4 Å². The summed E-state index contributed by atoms with van der Waals surface area (Å²) in [7, 11) is 0. The van der Waals surface area contributed by atoms with Crippen LogP contribution < -0.4 is 5.32 Å². The first-order valence-electron chi connectivity index (χ1n) is 7.54. The van der Waals surface area contributed by atoms with Gasteiger partial charge in [-0.2, -0.15) is 0 Å². The van der Waals surface area contributed by atoms with Crippen LogP contribution in [0.25, 0.3) is 11.0 Å². The van der Waals surface area contributed by atoms with Crippen LogP contribution in [0.2, 0.25) is 0 Å². The molecule has 1 aromatic heterocycles. The van der Waals surface area contributed by atoms with E-state index < -0.39 is 0 Å². The summed E-state index contributed by atoms with van der Waals surface area (Å²) in [4.78, 5) is 19.1. The number of aromatic amines is 1. The third-order valence-corrected chi connectivity index (χ3v) is 3.70. The van der Waals surface area contributed by atoms with E-state index in [1.54, 1.807) is 6.33 Å². The number of aromatic nitrogens is 2. The first-order chi connectivity index (χ1) is 10.8. The van der Waals surface area contributed by atoms with Gasteiger partial charge in [0.1, 0.15) is 0 Å². The number of hydrogen-bond donors (Lipinski definition) is 2. The number of hydrogen-bond acceptors (Lipinski definition) is 2. The maximum atomic E-state index is 11.9. The van der Waals surface area contributed by atoms with Gasteiger partial charge in [0, 0.05) is 13.0 Å². The van der Waals surface area contributed by atoms with E-state index in [9.17, 15) is 4.79 Å². The minimum atomic E-state index is 0.103. The van der Waals surface area contributed by atoms with Crippen molar-refractivity contribution in [3.05, 3.63) is 66.0 Å². The zero-order valence-electron chi connectivity index (χ0n) is 12.4. The molecule has 4 nitrogen and oxygen atoms in total. The van der Waals surface area contributed by atoms with Crippen molar-refractivity contribution in [1.29, 1.82) is 0 Å². The number of amides is 1. The molecule has 0 radical (unpaired) electrons. The zero-order valence-corrected chi connectivity index (χ0v) is 12.4. The lowest BCUT2D eigenvalue weighted by atomic mass is 10.1. The Morgan fingerprint density at radius 3 is 2.77 bits per heavy atom. The Balaban J connectivity index is 1.43. The van der Waals surface area contributed by atoms with E-state index in [0.29, 0.717) is 13.0 Å². The highest BCUT2D eigenvalue weighted by Crippen LogP contribution is 2.11. The van der Waals surface area contributed by atoms with Crippen molar-refractivity contribution in [2.75, 3.05) is 6.54 Å². The Hall–Kier alpha value is -2.62. The second-order valence-electron chi connectivity index (χ2n) is 5.34. The molecule has 2 N–H and O–H groups in total. The number of aryl methyl sites for hydroxylation is 1. The van der Waals surface area contributed by atoms with Gasteiger partial charge in [-0.25, -0.2) is 4.98 Å². The lowest BCUT2D eigenvalue weighted by molar-refractivity contribution is -0.121. The number of carbonyl (C=O) groups is 1. The molecule has 0 fully saturated rings. The van der Waals surface area contributed by atoms with E-state index in [2.05, 4.69) is 27.4 Å². The van der Waals surface area contributed by atoms with Gasteiger partial charge in [-0.3, -0.25) is 4.79 Å². The Kier molecular flexibility index (Phi) is 4.49. The van der Waals surface area contributed by atoms with Crippen molar-refractivity contribution in [2.24, 2.45) is 0 Å². The minimum absolute atomic E-state index is 0.103. The lowest BCUT2D eigenvalue weighted by Crippen LogP contribution is -2.25. The van der Waals surface area contributed by atoms with Crippen LogP contribution in [0.5, 0.6) is 0 Å². The van der Waals surface area contributed by atoms with Gasteiger partial charge >= 0.3 is 0 Å². The van der Waals surface area contributed by atoms with Crippen LogP contribution in [0.3, 0.4) is 0 Å². The van der Waals surface area contributed by atoms with Gasteiger partial charge in [0.2, 0.25) is 5.91 Å². The number of imidazole rings is 1. The summed E-state index contributed by atoms with van der Waals surface area (Å²) >= 11 is 0. The molecule has 0 saturated heterocycles. The van der Waals surface area contributed by atoms with Crippen LogP contribution >= 0.6 is 0 Å². The van der Waals surface area contributed by atoms with E-state index in [1.807, 2.05) is 36.4 Å². The first-order valence-corrected chi connectivity index (χ1v) is 7.54. The predicted molar refractivity (Wildman–Crippen MR) is 87.6 cm³/mol. The van der Waals surface area contributed by atoms with Gasteiger partial charge in [-0.1, -0.05) is 36.4 Å². The highest BCUT2D eigenvalue weighted by molar-refractivity contribution is 5.76. The highest BCUT2D eigenvalue weighted by atomic mass is 16.1. The monoisotopic (exact) mass is 293 g/mol. The van der Waals surface area contributed by atoms with Crippen molar-refractivity contribution in [1.82, 2.24) is 15.3 Å². The molecular formula is C18H19N3O. The summed E-state index contributed by atoms with van der Waals surface area (Å²) in [5, 5.41) is 2.98. The van der Waals surface area contributed by atoms with Crippen LogP contribution in [0.4, 0.5) is 0 Å². The first kappa shape index (κ1) is 14.3. The molecule has 22 heavy (non-hydrogen) atoms. The quantitative estimate of drug-likeness (QED) is 0.734. The van der Waals surface area contributed by atoms with E-state index in [1.165, 1.54) is 11.1 Å². The molecule has 0 aliphatic heterocycles. The molecule has 0 aliphatic rings. The van der Waals surface area contributed by atoms with Crippen molar-refractivity contribution < 1.29 is 4.79 Å². The van der Waals surface area contributed by atoms with Crippen LogP contribution in [0, 0.1) is 0 Å². The standard InChI is InChI=1S/C18H19N3O/c22-18(9-7-14-4-2-1-3-5-14)19-11-10-15-6-8-16-17(12-15)21-13-20-16/h1-6,8,12-13H,7,9-11H2,(H,19,22)(H,20,21). The molecular weight excluding hydrogens is 274 g/mol. The van der Waals surface area contributed by atoms with E-state index >= 15 is 0 Å². The molecule has 0 saturated carbocycles. The van der Waals surface area contributed by atoms with Crippen LogP contribution in [-0.2, 0) is 17.6 Å². The number of nitrogens with zero attached hydrogens (tertiary/aromatic N) is 1. The minimum Gasteiger partial charge on any atom is -0.356 e. The van der Waals surface area contributed by atoms with Gasteiger partial charge in [0.05, 0.1) is 17.4 Å². The molecule has 3 aromatic rings. The fourth-order valence-corrected chi connectivity index (χ4v) is 2.48. The maximum absolute atomic E-state index is 11.9. The average molecular weight is 293 g/mol. The fraction of sp³-hybridized carbons (Fsp3) is 0.222. The molecule has 0 unspecified atom stereocenters. The lowest BCUT2D eigenvalue weighted by Gasteiger charge is -2.06. The Morgan fingerprint density at radius 2 is 1.91 bits per heavy atom. The smallest absolute Gasteiger partial charge is 0.220 e. The third kappa shape index (κ3) is 3.73. The number of nitrogens with one attached hydrogen (secondary N) is 2. The SMILES string of the molecule is O=C(CCc1ccccc1)NCCc1ccc2nc[nH]c2c1. The summed E-state index contributed by atoms with van der Waals surface area (Å²) < 4.78 is 0. The number of rotatable bonds is 6. The van der Waals surface area contributed by atoms with Crippen molar-refractivity contribution in [2.45, 2.75) is 19.3 Å². The second-order valence-corrected chi connectivity index (χ2v) is 5.34. The fourth-order valence-electron chi connectivity index (χ4n) is 2.48. The van der Waals surface area contributed by atoms with E-state index in [0.717, 1.165) is 23.9 Å². The molecule has 0 atom stereocenters. The highest BCUT2D eigenvalue weighted by Gasteiger charge is 2.03. The number of carbonyl (C=O) groups excluding carboxylic acids is 1. The molecule has 1 amide bonds. The second kappa shape index (κ2) is 6.89. The van der Waals surface area contributed by atoms with Crippen molar-refractivity contribution >= 4 is 16.9 Å². The third-order valence-electron chi connectivity index (χ3n) is 3.70. The van der Waals surface area contributed by atoms with Gasteiger partial charge in [0.15, 0.2) is 0 Å². The van der Waals surface area contributed by atoms with E-state index in [4.69, 9.17) is 0 Å². The molecule has 0 spiro atoms. The molecule has 0 aliphatic carbocycles. The molecule has 112 valence electrons. The Labute approximate surface area is 129 Å². The summed E-state index contributed by atoms with van der Waals surface area (Å²) in [6.07, 6.45) is 3.84. The maximum Gasteiger partial charge on any atom is 0.220 e. The molecule has 4 heteroatoms. The van der Waals surface area contributed by atoms with Gasteiger partial charge < -0.3 is 10.3 Å². The average Bonchev–Trinajstić information content (AvgIpc) is 3.02. The predicted octanol–water partition coefficient (Wildman–Crippen LogP) is 2.85. The van der Waals surface area contributed by atoms with Crippen LogP contribution in [0.1, 0.15) is 17.5 Å². The summed E-state index contributed by atoms with van der Waals surface area (Å²) in [5.41, 5.74) is 4.39.